The summed E-state index contributed by atoms with van der Waals surface area (Å²) < 4.78 is 0. The molecule has 0 atom stereocenters. The summed E-state index contributed by atoms with van der Waals surface area (Å²) in [5.74, 6) is 0.403. The van der Waals surface area contributed by atoms with Gasteiger partial charge in [-0.15, -0.1) is 0 Å². The Kier molecular flexibility index (Phi) is 4.63. The number of hydrogen-bond donors (Lipinski definition) is 2. The lowest BCUT2D eigenvalue weighted by Crippen LogP contribution is -1.93. The number of rotatable bonds is 3. The number of phenols is 2. The van der Waals surface area contributed by atoms with Gasteiger partial charge in [0.25, 0.3) is 0 Å². The molecule has 4 aromatic carbocycles. The zero-order valence-electron chi connectivity index (χ0n) is 13.8. The smallest absolute Gasteiger partial charge is 0.128 e. The van der Waals surface area contributed by atoms with E-state index in [0.29, 0.717) is 21.8 Å². The van der Waals surface area contributed by atoms with Crippen LogP contribution < -0.4 is 0 Å². The van der Waals surface area contributed by atoms with Crippen molar-refractivity contribution < 1.29 is 10.2 Å². The highest BCUT2D eigenvalue weighted by molar-refractivity contribution is 9.08. The van der Waals surface area contributed by atoms with E-state index in [0.717, 1.165) is 32.7 Å². The normalized spacial score (nSPS) is 11.3. The first-order valence-corrected chi connectivity index (χ1v) is 10.5. The zero-order chi connectivity index (χ0) is 18.3. The van der Waals surface area contributed by atoms with Gasteiger partial charge in [0.1, 0.15) is 11.5 Å². The molecule has 0 radical (unpaired) electrons. The number of fused-ring (bicyclic) bond motifs is 2. The maximum absolute atomic E-state index is 11.0. The predicted octanol–water partition coefficient (Wildman–Crippen LogP) is 6.86. The number of halogens is 2. The zero-order valence-corrected chi connectivity index (χ0v) is 17.0. The molecule has 0 bridgehead atoms. The molecule has 0 heterocycles. The molecule has 0 aliphatic heterocycles. The average molecular weight is 472 g/mol. The third-order valence-electron chi connectivity index (χ3n) is 4.74. The van der Waals surface area contributed by atoms with Crippen molar-refractivity contribution >= 4 is 53.4 Å². The molecule has 0 saturated heterocycles. The molecule has 0 saturated carbocycles. The van der Waals surface area contributed by atoms with Gasteiger partial charge in [0.15, 0.2) is 0 Å². The van der Waals surface area contributed by atoms with Gasteiger partial charge in [0.2, 0.25) is 0 Å². The third-order valence-corrected chi connectivity index (χ3v) is 5.95. The van der Waals surface area contributed by atoms with Crippen molar-refractivity contribution in [3.8, 4) is 22.6 Å². The Bertz CT molecular complexity index is 1040. The summed E-state index contributed by atoms with van der Waals surface area (Å²) in [7, 11) is 0. The van der Waals surface area contributed by atoms with Gasteiger partial charge in [0.05, 0.1) is 0 Å². The molecular formula is C22H16Br2O2. The quantitative estimate of drug-likeness (QED) is 0.320. The van der Waals surface area contributed by atoms with Gasteiger partial charge in [-0.25, -0.2) is 0 Å². The minimum absolute atomic E-state index is 0.202. The van der Waals surface area contributed by atoms with E-state index in [-0.39, 0.29) is 11.5 Å². The van der Waals surface area contributed by atoms with Gasteiger partial charge in [-0.2, -0.15) is 0 Å². The minimum Gasteiger partial charge on any atom is -0.507 e. The van der Waals surface area contributed by atoms with Crippen molar-refractivity contribution in [2.75, 3.05) is 0 Å². The fourth-order valence-electron chi connectivity index (χ4n) is 3.50. The minimum atomic E-state index is 0.202. The van der Waals surface area contributed by atoms with E-state index in [2.05, 4.69) is 31.9 Å². The Morgan fingerprint density at radius 2 is 1.00 bits per heavy atom. The van der Waals surface area contributed by atoms with Crippen LogP contribution in [0.25, 0.3) is 32.7 Å². The van der Waals surface area contributed by atoms with Crippen molar-refractivity contribution in [3.63, 3.8) is 0 Å². The maximum Gasteiger partial charge on any atom is 0.128 e. The summed E-state index contributed by atoms with van der Waals surface area (Å²) in [6, 6.07) is 19.8. The second kappa shape index (κ2) is 6.93. The monoisotopic (exact) mass is 470 g/mol. The molecule has 4 rings (SSSR count). The molecule has 4 heteroatoms. The van der Waals surface area contributed by atoms with Crippen LogP contribution in [0.2, 0.25) is 0 Å². The highest BCUT2D eigenvalue weighted by Gasteiger charge is 2.21. The topological polar surface area (TPSA) is 40.5 Å². The van der Waals surface area contributed by atoms with Crippen LogP contribution in [-0.2, 0) is 10.7 Å². The van der Waals surface area contributed by atoms with Gasteiger partial charge in [-0.3, -0.25) is 0 Å². The number of aromatic hydroxyl groups is 2. The summed E-state index contributed by atoms with van der Waals surface area (Å²) in [4.78, 5) is 0. The Labute approximate surface area is 168 Å². The maximum atomic E-state index is 11.0. The van der Waals surface area contributed by atoms with Crippen LogP contribution in [0.5, 0.6) is 11.5 Å². The van der Waals surface area contributed by atoms with Crippen LogP contribution in [0.1, 0.15) is 11.1 Å². The van der Waals surface area contributed by atoms with Gasteiger partial charge >= 0.3 is 0 Å². The molecular weight excluding hydrogens is 456 g/mol. The lowest BCUT2D eigenvalue weighted by molar-refractivity contribution is 0.466. The molecule has 0 fully saturated rings. The van der Waals surface area contributed by atoms with Crippen LogP contribution in [0.15, 0.2) is 60.7 Å². The molecule has 4 aromatic rings. The van der Waals surface area contributed by atoms with E-state index in [1.807, 2.05) is 60.7 Å². The van der Waals surface area contributed by atoms with Crippen LogP contribution in [0, 0.1) is 0 Å². The Balaban J connectivity index is 2.24. The molecule has 0 unspecified atom stereocenters. The number of hydrogen-bond acceptors (Lipinski definition) is 2. The summed E-state index contributed by atoms with van der Waals surface area (Å²) in [5, 5.41) is 27.0. The largest absolute Gasteiger partial charge is 0.507 e. The van der Waals surface area contributed by atoms with Gasteiger partial charge < -0.3 is 10.2 Å². The van der Waals surface area contributed by atoms with E-state index >= 15 is 0 Å². The van der Waals surface area contributed by atoms with Crippen LogP contribution in [0.4, 0.5) is 0 Å². The lowest BCUT2D eigenvalue weighted by Gasteiger charge is -2.18. The second-order valence-corrected chi connectivity index (χ2v) is 7.35. The molecule has 0 aliphatic rings. The molecule has 2 nitrogen and oxygen atoms in total. The van der Waals surface area contributed by atoms with Gasteiger partial charge in [-0.05, 0) is 33.7 Å². The molecule has 0 spiro atoms. The van der Waals surface area contributed by atoms with E-state index in [1.165, 1.54) is 0 Å². The van der Waals surface area contributed by atoms with E-state index in [1.54, 1.807) is 0 Å². The predicted molar refractivity (Wildman–Crippen MR) is 115 cm³/mol. The second-order valence-electron chi connectivity index (χ2n) is 6.23. The summed E-state index contributed by atoms with van der Waals surface area (Å²) in [6.45, 7) is 0. The first kappa shape index (κ1) is 17.4. The number of phenolic OH excluding ortho intramolecular Hbond substituents is 2. The van der Waals surface area contributed by atoms with Crippen LogP contribution in [-0.4, -0.2) is 10.2 Å². The molecule has 0 aliphatic carbocycles. The van der Waals surface area contributed by atoms with E-state index in [9.17, 15) is 10.2 Å². The SMILES string of the molecule is Oc1c(CBr)cc2ccccc2c1-c1c(O)c(CBr)cc2ccccc12. The van der Waals surface area contributed by atoms with Crippen LogP contribution >= 0.6 is 31.9 Å². The van der Waals surface area contributed by atoms with Crippen molar-refractivity contribution in [2.24, 2.45) is 0 Å². The average Bonchev–Trinajstić information content (AvgIpc) is 2.68. The number of alkyl halides is 2. The molecule has 0 amide bonds. The third kappa shape index (κ3) is 2.68. The first-order chi connectivity index (χ1) is 12.7. The first-order valence-electron chi connectivity index (χ1n) is 8.25. The van der Waals surface area contributed by atoms with Crippen molar-refractivity contribution in [1.29, 1.82) is 0 Å². The highest BCUT2D eigenvalue weighted by atomic mass is 79.9. The fraction of sp³-hybridized carbons (Fsp3) is 0.0909. The van der Waals surface area contributed by atoms with E-state index < -0.39 is 0 Å². The standard InChI is InChI=1S/C22H16Br2O2/c23-11-15-9-13-5-1-3-7-17(13)19(21(15)25)20-18-8-4-2-6-14(18)10-16(12-24)22(20)26/h1-10,25-26H,11-12H2. The fourth-order valence-corrected chi connectivity index (χ4v) is 4.35. The number of benzene rings is 4. The van der Waals surface area contributed by atoms with Gasteiger partial charge in [-0.1, -0.05) is 80.4 Å². The molecule has 130 valence electrons. The Morgan fingerprint density at radius 3 is 1.38 bits per heavy atom. The van der Waals surface area contributed by atoms with E-state index in [4.69, 9.17) is 0 Å². The molecule has 2 N–H and O–H groups in total. The highest BCUT2D eigenvalue weighted by Crippen LogP contribution is 2.48. The van der Waals surface area contributed by atoms with Crippen LogP contribution in [0.3, 0.4) is 0 Å². The lowest BCUT2D eigenvalue weighted by atomic mass is 9.89. The Hall–Kier alpha value is -2.04. The van der Waals surface area contributed by atoms with Crippen molar-refractivity contribution in [1.82, 2.24) is 0 Å². The van der Waals surface area contributed by atoms with Crippen molar-refractivity contribution in [2.45, 2.75) is 10.7 Å². The molecule has 26 heavy (non-hydrogen) atoms. The Morgan fingerprint density at radius 1 is 0.615 bits per heavy atom. The summed E-state index contributed by atoms with van der Waals surface area (Å²) >= 11 is 6.93. The van der Waals surface area contributed by atoms with Gasteiger partial charge in [0, 0.05) is 32.9 Å². The summed E-state index contributed by atoms with van der Waals surface area (Å²) in [6.07, 6.45) is 0. The summed E-state index contributed by atoms with van der Waals surface area (Å²) in [5.41, 5.74) is 2.95. The molecule has 0 aromatic heterocycles. The van der Waals surface area contributed by atoms with Crippen molar-refractivity contribution in [3.05, 3.63) is 71.8 Å².